The molecule has 0 heterocycles. The molecule has 0 amide bonds. The summed E-state index contributed by atoms with van der Waals surface area (Å²) in [7, 11) is 0. The third kappa shape index (κ3) is 4.35. The number of aromatic hydroxyl groups is 1. The van der Waals surface area contributed by atoms with Gasteiger partial charge in [-0.25, -0.2) is 4.39 Å². The maximum atomic E-state index is 15.5. The van der Waals surface area contributed by atoms with E-state index in [2.05, 4.69) is 27.4 Å². The summed E-state index contributed by atoms with van der Waals surface area (Å²) in [6.07, 6.45) is 3.20. The van der Waals surface area contributed by atoms with Gasteiger partial charge in [0.25, 0.3) is 0 Å². The van der Waals surface area contributed by atoms with Gasteiger partial charge in [0.15, 0.2) is 11.5 Å². The zero-order valence-electron chi connectivity index (χ0n) is 18.6. The second-order valence-electron chi connectivity index (χ2n) is 8.88. The third-order valence-electron chi connectivity index (χ3n) is 6.03. The average molecular weight is 407 g/mol. The van der Waals surface area contributed by atoms with E-state index >= 15 is 4.39 Å². The van der Waals surface area contributed by atoms with Crippen molar-refractivity contribution in [3.63, 3.8) is 0 Å². The zero-order valence-corrected chi connectivity index (χ0v) is 18.6. The van der Waals surface area contributed by atoms with Gasteiger partial charge in [0.2, 0.25) is 0 Å². The van der Waals surface area contributed by atoms with Gasteiger partial charge in [-0.1, -0.05) is 49.8 Å². The molecule has 0 radical (unpaired) electrons. The molecule has 2 nitrogen and oxygen atoms in total. The number of phenolic OH excluding ortho intramolecular Hbond substituents is 1. The quantitative estimate of drug-likeness (QED) is 0.506. The standard InChI is InChI=1S/C27H31FO2/c1-17-12-14-21(15-13-17)30-23-11-7-10-22(26(23)29)25(28)20(4)19(3)24-18(2)9-8-16-27(24,5)6/h7,10-15,29H,3,8-9,16H2,1-2,4-6H3/b25-20-. The van der Waals surface area contributed by atoms with Crippen LogP contribution in [-0.2, 0) is 0 Å². The van der Waals surface area contributed by atoms with Crippen LogP contribution in [0.3, 0.4) is 0 Å². The Hall–Kier alpha value is -2.81. The Bertz CT molecular complexity index is 1020. The molecule has 2 aromatic rings. The molecule has 30 heavy (non-hydrogen) atoms. The molecule has 0 bridgehead atoms. The van der Waals surface area contributed by atoms with Crippen molar-refractivity contribution in [1.82, 2.24) is 0 Å². The summed E-state index contributed by atoms with van der Waals surface area (Å²) < 4.78 is 21.3. The number of hydrogen-bond donors (Lipinski definition) is 1. The SMILES string of the molecule is C=C(C1=C(C)CCCC1(C)C)/C(C)=C(\F)c1cccc(Oc2ccc(C)cc2)c1O. The predicted molar refractivity (Wildman–Crippen MR) is 123 cm³/mol. The van der Waals surface area contributed by atoms with Crippen LogP contribution in [0.15, 0.2) is 71.3 Å². The molecule has 2 aromatic carbocycles. The van der Waals surface area contributed by atoms with Gasteiger partial charge in [-0.3, -0.25) is 0 Å². The van der Waals surface area contributed by atoms with E-state index < -0.39 is 5.83 Å². The predicted octanol–water partition coefficient (Wildman–Crippen LogP) is 8.28. The lowest BCUT2D eigenvalue weighted by Gasteiger charge is -2.36. The van der Waals surface area contributed by atoms with E-state index in [9.17, 15) is 5.11 Å². The smallest absolute Gasteiger partial charge is 0.169 e. The lowest BCUT2D eigenvalue weighted by atomic mass is 9.69. The summed E-state index contributed by atoms with van der Waals surface area (Å²) in [5, 5.41) is 10.7. The Kier molecular flexibility index (Phi) is 6.21. The van der Waals surface area contributed by atoms with Crippen molar-refractivity contribution in [3.8, 4) is 17.2 Å². The van der Waals surface area contributed by atoms with E-state index in [1.54, 1.807) is 25.1 Å². The second-order valence-corrected chi connectivity index (χ2v) is 8.88. The molecule has 0 fully saturated rings. The fourth-order valence-electron chi connectivity index (χ4n) is 4.33. The highest BCUT2D eigenvalue weighted by Crippen LogP contribution is 2.47. The molecule has 158 valence electrons. The normalized spacial score (nSPS) is 16.9. The average Bonchev–Trinajstić information content (AvgIpc) is 2.69. The first-order valence-electron chi connectivity index (χ1n) is 10.4. The van der Waals surface area contributed by atoms with Crippen LogP contribution in [0.5, 0.6) is 17.2 Å². The van der Waals surface area contributed by atoms with Gasteiger partial charge < -0.3 is 9.84 Å². The van der Waals surface area contributed by atoms with E-state index in [1.165, 1.54) is 5.57 Å². The molecule has 0 aromatic heterocycles. The maximum absolute atomic E-state index is 15.5. The van der Waals surface area contributed by atoms with Gasteiger partial charge in [-0.15, -0.1) is 0 Å². The van der Waals surface area contributed by atoms with Crippen LogP contribution in [0.4, 0.5) is 4.39 Å². The summed E-state index contributed by atoms with van der Waals surface area (Å²) in [5.41, 5.74) is 4.74. The zero-order chi connectivity index (χ0) is 22.1. The van der Waals surface area contributed by atoms with Gasteiger partial charge in [0.1, 0.15) is 11.6 Å². The molecule has 3 rings (SSSR count). The summed E-state index contributed by atoms with van der Waals surface area (Å²) in [4.78, 5) is 0. The Morgan fingerprint density at radius 1 is 1.10 bits per heavy atom. The minimum absolute atomic E-state index is 0.0423. The number of aryl methyl sites for hydroxylation is 1. The van der Waals surface area contributed by atoms with E-state index in [0.717, 1.165) is 30.4 Å². The molecule has 1 N–H and O–H groups in total. The van der Waals surface area contributed by atoms with E-state index in [4.69, 9.17) is 4.74 Å². The van der Waals surface area contributed by atoms with Crippen molar-refractivity contribution in [2.45, 2.75) is 53.9 Å². The molecule has 0 saturated carbocycles. The van der Waals surface area contributed by atoms with Crippen molar-refractivity contribution in [2.75, 3.05) is 0 Å². The van der Waals surface area contributed by atoms with Gasteiger partial charge in [-0.05, 0) is 86.4 Å². The van der Waals surface area contributed by atoms with Crippen molar-refractivity contribution in [3.05, 3.63) is 82.5 Å². The fraction of sp³-hybridized carbons (Fsp3) is 0.333. The highest BCUT2D eigenvalue weighted by molar-refractivity contribution is 5.74. The van der Waals surface area contributed by atoms with Gasteiger partial charge in [0.05, 0.1) is 5.56 Å². The molecule has 0 atom stereocenters. The number of phenols is 1. The summed E-state index contributed by atoms with van der Waals surface area (Å²) in [6.45, 7) is 14.4. The lowest BCUT2D eigenvalue weighted by molar-refractivity contribution is 0.373. The van der Waals surface area contributed by atoms with Crippen LogP contribution in [0.2, 0.25) is 0 Å². The molecule has 3 heteroatoms. The monoisotopic (exact) mass is 406 g/mol. The Balaban J connectivity index is 1.97. The molecule has 1 aliphatic rings. The van der Waals surface area contributed by atoms with Gasteiger partial charge >= 0.3 is 0 Å². The van der Waals surface area contributed by atoms with Crippen molar-refractivity contribution >= 4 is 5.83 Å². The van der Waals surface area contributed by atoms with Gasteiger partial charge in [-0.2, -0.15) is 0 Å². The minimum Gasteiger partial charge on any atom is -0.504 e. The number of benzene rings is 2. The number of ether oxygens (including phenoxy) is 1. The van der Waals surface area contributed by atoms with Crippen LogP contribution in [0.1, 0.15) is 58.1 Å². The highest BCUT2D eigenvalue weighted by atomic mass is 19.1. The number of allylic oxidation sites excluding steroid dienone is 4. The van der Waals surface area contributed by atoms with Crippen molar-refractivity contribution in [1.29, 1.82) is 0 Å². The number of halogens is 1. The minimum atomic E-state index is -0.478. The maximum Gasteiger partial charge on any atom is 0.169 e. The summed E-state index contributed by atoms with van der Waals surface area (Å²) in [5.74, 6) is 0.117. The Morgan fingerprint density at radius 2 is 1.77 bits per heavy atom. The Morgan fingerprint density at radius 3 is 2.40 bits per heavy atom. The highest BCUT2D eigenvalue weighted by Gasteiger charge is 2.31. The first-order valence-corrected chi connectivity index (χ1v) is 10.4. The van der Waals surface area contributed by atoms with Crippen molar-refractivity contribution in [2.24, 2.45) is 5.41 Å². The molecular formula is C27H31FO2. The molecule has 0 spiro atoms. The number of para-hydroxylation sites is 1. The number of hydrogen-bond acceptors (Lipinski definition) is 2. The summed E-state index contributed by atoms with van der Waals surface area (Å²) >= 11 is 0. The largest absolute Gasteiger partial charge is 0.504 e. The van der Waals surface area contributed by atoms with Crippen LogP contribution < -0.4 is 4.74 Å². The van der Waals surface area contributed by atoms with Crippen LogP contribution in [-0.4, -0.2) is 5.11 Å². The number of rotatable bonds is 5. The molecule has 0 unspecified atom stereocenters. The van der Waals surface area contributed by atoms with E-state index in [-0.39, 0.29) is 22.5 Å². The van der Waals surface area contributed by atoms with Gasteiger partial charge in [0, 0.05) is 0 Å². The first kappa shape index (κ1) is 21.9. The second kappa shape index (κ2) is 8.51. The first-order chi connectivity index (χ1) is 14.1. The topological polar surface area (TPSA) is 29.5 Å². The van der Waals surface area contributed by atoms with Crippen LogP contribution in [0, 0.1) is 12.3 Å². The molecule has 0 aliphatic heterocycles. The molecule has 1 aliphatic carbocycles. The van der Waals surface area contributed by atoms with Crippen LogP contribution >= 0.6 is 0 Å². The van der Waals surface area contributed by atoms with Crippen molar-refractivity contribution < 1.29 is 14.2 Å². The Labute approximate surface area is 179 Å². The summed E-state index contributed by atoms with van der Waals surface area (Å²) in [6, 6.07) is 12.4. The van der Waals surface area contributed by atoms with Crippen LogP contribution in [0.25, 0.3) is 5.83 Å². The molecule has 0 saturated heterocycles. The van der Waals surface area contributed by atoms with E-state index in [0.29, 0.717) is 16.9 Å². The third-order valence-corrected chi connectivity index (χ3v) is 6.03. The molecular weight excluding hydrogens is 375 g/mol. The van der Waals surface area contributed by atoms with E-state index in [1.807, 2.05) is 31.2 Å². The lowest BCUT2D eigenvalue weighted by Crippen LogP contribution is -2.22. The fourth-order valence-corrected chi connectivity index (χ4v) is 4.33.